The van der Waals surface area contributed by atoms with Gasteiger partial charge in [-0.3, -0.25) is 0 Å². The fourth-order valence-corrected chi connectivity index (χ4v) is 1.55. The van der Waals surface area contributed by atoms with Crippen molar-refractivity contribution in [2.24, 2.45) is 0 Å². The van der Waals surface area contributed by atoms with E-state index in [1.54, 1.807) is 6.20 Å². The first-order valence-electron chi connectivity index (χ1n) is 6.07. The molecule has 94 valence electrons. The van der Waals surface area contributed by atoms with Crippen LogP contribution in [0.15, 0.2) is 12.3 Å². The second kappa shape index (κ2) is 4.82. The lowest BCUT2D eigenvalue weighted by Crippen LogP contribution is -2.15. The molecule has 0 spiro atoms. The molecule has 4 nitrogen and oxygen atoms in total. The highest BCUT2D eigenvalue weighted by molar-refractivity contribution is 5.59. The highest BCUT2D eigenvalue weighted by Gasteiger charge is 2.27. The van der Waals surface area contributed by atoms with Crippen LogP contribution in [0.4, 0.5) is 5.82 Å². The van der Waals surface area contributed by atoms with Crippen molar-refractivity contribution in [1.29, 1.82) is 0 Å². The van der Waals surface area contributed by atoms with Crippen molar-refractivity contribution in [3.63, 3.8) is 0 Å². The number of rotatable bonds is 5. The number of anilines is 1. The lowest BCUT2D eigenvalue weighted by Gasteiger charge is -2.20. The van der Waals surface area contributed by atoms with Crippen LogP contribution in [0.25, 0.3) is 0 Å². The minimum absolute atomic E-state index is 0.133. The van der Waals surface area contributed by atoms with Gasteiger partial charge in [0.1, 0.15) is 0 Å². The monoisotopic (exact) mass is 236 g/mol. The molecule has 0 atom stereocenters. The van der Waals surface area contributed by atoms with Gasteiger partial charge in [0.2, 0.25) is 5.75 Å². The second-order valence-corrected chi connectivity index (χ2v) is 4.84. The zero-order valence-electron chi connectivity index (χ0n) is 10.9. The highest BCUT2D eigenvalue weighted by atomic mass is 16.5. The average molecular weight is 236 g/mol. The lowest BCUT2D eigenvalue weighted by atomic mass is 10.3. The highest BCUT2D eigenvalue weighted by Crippen LogP contribution is 2.39. The number of hydrogen-bond donors (Lipinski definition) is 0. The Morgan fingerprint density at radius 3 is 2.59 bits per heavy atom. The van der Waals surface area contributed by atoms with E-state index in [0.717, 1.165) is 30.2 Å². The Bertz CT molecular complexity index is 387. The third-order valence-electron chi connectivity index (χ3n) is 2.44. The number of pyridine rings is 1. The molecule has 1 aliphatic carbocycles. The van der Waals surface area contributed by atoms with Crippen LogP contribution in [0.2, 0.25) is 0 Å². The largest absolute Gasteiger partial charge is 0.487 e. The molecule has 0 aromatic carbocycles. The SMILES string of the molecule is CC(C)Oc1ccnc(N(C)C)c1OC1CC1. The van der Waals surface area contributed by atoms with Crippen molar-refractivity contribution in [3.8, 4) is 11.5 Å². The van der Waals surface area contributed by atoms with E-state index in [1.165, 1.54) is 0 Å². The number of ether oxygens (including phenoxy) is 2. The van der Waals surface area contributed by atoms with Gasteiger partial charge in [-0.2, -0.15) is 0 Å². The van der Waals surface area contributed by atoms with Crippen LogP contribution in [-0.4, -0.2) is 31.3 Å². The van der Waals surface area contributed by atoms with Crippen LogP contribution >= 0.6 is 0 Å². The van der Waals surface area contributed by atoms with E-state index in [9.17, 15) is 0 Å². The number of nitrogens with zero attached hydrogens (tertiary/aromatic N) is 2. The number of aromatic nitrogens is 1. The molecule has 17 heavy (non-hydrogen) atoms. The van der Waals surface area contributed by atoms with Crippen LogP contribution < -0.4 is 14.4 Å². The van der Waals surface area contributed by atoms with Gasteiger partial charge in [0.25, 0.3) is 0 Å². The second-order valence-electron chi connectivity index (χ2n) is 4.84. The van der Waals surface area contributed by atoms with Gasteiger partial charge in [-0.1, -0.05) is 0 Å². The molecule has 0 radical (unpaired) electrons. The molecule has 1 aliphatic rings. The molecule has 1 aromatic rings. The van der Waals surface area contributed by atoms with Crippen molar-refractivity contribution < 1.29 is 9.47 Å². The van der Waals surface area contributed by atoms with Gasteiger partial charge in [0.15, 0.2) is 11.6 Å². The fraction of sp³-hybridized carbons (Fsp3) is 0.615. The van der Waals surface area contributed by atoms with Gasteiger partial charge >= 0.3 is 0 Å². The predicted octanol–water partition coefficient (Wildman–Crippen LogP) is 2.48. The maximum atomic E-state index is 5.92. The van der Waals surface area contributed by atoms with E-state index < -0.39 is 0 Å². The molecule has 0 aliphatic heterocycles. The molecule has 1 saturated carbocycles. The molecule has 0 N–H and O–H groups in total. The Hall–Kier alpha value is -1.45. The van der Waals surface area contributed by atoms with Crippen molar-refractivity contribution in [2.45, 2.75) is 38.9 Å². The Labute approximate surface area is 103 Å². The van der Waals surface area contributed by atoms with Gasteiger partial charge in [-0.05, 0) is 26.7 Å². The average Bonchev–Trinajstić information content (AvgIpc) is 3.03. The third kappa shape index (κ3) is 3.02. The summed E-state index contributed by atoms with van der Waals surface area (Å²) in [5, 5.41) is 0. The normalized spacial score (nSPS) is 14.9. The molecule has 0 bridgehead atoms. The molecule has 0 saturated heterocycles. The molecule has 0 unspecified atom stereocenters. The topological polar surface area (TPSA) is 34.6 Å². The summed E-state index contributed by atoms with van der Waals surface area (Å²) in [6.07, 6.45) is 4.49. The van der Waals surface area contributed by atoms with Crippen LogP contribution in [0.5, 0.6) is 11.5 Å². The van der Waals surface area contributed by atoms with Gasteiger partial charge < -0.3 is 14.4 Å². The molecular formula is C13H20N2O2. The number of hydrogen-bond acceptors (Lipinski definition) is 4. The zero-order chi connectivity index (χ0) is 12.4. The van der Waals surface area contributed by atoms with Gasteiger partial charge in [-0.25, -0.2) is 4.98 Å². The summed E-state index contributed by atoms with van der Waals surface area (Å²) in [5.41, 5.74) is 0. The van der Waals surface area contributed by atoms with Crippen LogP contribution in [0, 0.1) is 0 Å². The maximum absolute atomic E-state index is 5.92. The Morgan fingerprint density at radius 1 is 1.35 bits per heavy atom. The van der Waals surface area contributed by atoms with Crippen molar-refractivity contribution in [1.82, 2.24) is 4.98 Å². The van der Waals surface area contributed by atoms with Gasteiger partial charge in [0, 0.05) is 26.4 Å². The van der Waals surface area contributed by atoms with Gasteiger partial charge in [0.05, 0.1) is 12.2 Å². The summed E-state index contributed by atoms with van der Waals surface area (Å²) < 4.78 is 11.7. The van der Waals surface area contributed by atoms with Crippen molar-refractivity contribution in [2.75, 3.05) is 19.0 Å². The van der Waals surface area contributed by atoms with Crippen LogP contribution in [-0.2, 0) is 0 Å². The molecule has 1 fully saturated rings. The minimum Gasteiger partial charge on any atom is -0.487 e. The first-order chi connectivity index (χ1) is 8.08. The Balaban J connectivity index is 2.31. The molecule has 4 heteroatoms. The summed E-state index contributed by atoms with van der Waals surface area (Å²) in [6, 6.07) is 1.87. The van der Waals surface area contributed by atoms with E-state index in [1.807, 2.05) is 38.9 Å². The van der Waals surface area contributed by atoms with Gasteiger partial charge in [-0.15, -0.1) is 0 Å². The van der Waals surface area contributed by atoms with E-state index in [2.05, 4.69) is 4.98 Å². The van der Waals surface area contributed by atoms with Crippen molar-refractivity contribution in [3.05, 3.63) is 12.3 Å². The molecule has 2 rings (SSSR count). The standard InChI is InChI=1S/C13H20N2O2/c1-9(2)16-11-7-8-14-13(15(3)4)12(11)17-10-5-6-10/h7-10H,5-6H2,1-4H3. The molecule has 1 heterocycles. The van der Waals surface area contributed by atoms with E-state index in [4.69, 9.17) is 9.47 Å². The van der Waals surface area contributed by atoms with E-state index >= 15 is 0 Å². The summed E-state index contributed by atoms with van der Waals surface area (Å²) in [4.78, 5) is 6.30. The summed E-state index contributed by atoms with van der Waals surface area (Å²) in [5.74, 6) is 2.38. The van der Waals surface area contributed by atoms with E-state index in [-0.39, 0.29) is 6.10 Å². The summed E-state index contributed by atoms with van der Waals surface area (Å²) in [6.45, 7) is 4.02. The summed E-state index contributed by atoms with van der Waals surface area (Å²) >= 11 is 0. The first-order valence-corrected chi connectivity index (χ1v) is 6.07. The van der Waals surface area contributed by atoms with Crippen LogP contribution in [0.1, 0.15) is 26.7 Å². The summed E-state index contributed by atoms with van der Waals surface area (Å²) in [7, 11) is 3.92. The van der Waals surface area contributed by atoms with E-state index in [0.29, 0.717) is 6.10 Å². The first kappa shape index (κ1) is 12.0. The quantitative estimate of drug-likeness (QED) is 0.786. The smallest absolute Gasteiger partial charge is 0.204 e. The Morgan fingerprint density at radius 2 is 2.06 bits per heavy atom. The molecule has 0 amide bonds. The third-order valence-corrected chi connectivity index (χ3v) is 2.44. The lowest BCUT2D eigenvalue weighted by molar-refractivity contribution is 0.217. The minimum atomic E-state index is 0.133. The maximum Gasteiger partial charge on any atom is 0.204 e. The van der Waals surface area contributed by atoms with Crippen molar-refractivity contribution >= 4 is 5.82 Å². The molecular weight excluding hydrogens is 216 g/mol. The zero-order valence-corrected chi connectivity index (χ0v) is 10.9. The fourth-order valence-electron chi connectivity index (χ4n) is 1.55. The van der Waals surface area contributed by atoms with Crippen LogP contribution in [0.3, 0.4) is 0 Å². The predicted molar refractivity (Wildman–Crippen MR) is 68.0 cm³/mol. The Kier molecular flexibility index (Phi) is 3.41. The molecule has 1 aromatic heterocycles.